The highest BCUT2D eigenvalue weighted by molar-refractivity contribution is 5.94. The van der Waals surface area contributed by atoms with Crippen LogP contribution in [0.1, 0.15) is 46.6 Å². The molecular formula is C18H22N6O2. The first-order valence-corrected chi connectivity index (χ1v) is 8.87. The molecule has 4 heterocycles. The van der Waals surface area contributed by atoms with Crippen LogP contribution in [-0.2, 0) is 13.5 Å². The van der Waals surface area contributed by atoms with Crippen molar-refractivity contribution in [3.05, 3.63) is 51.3 Å². The Morgan fingerprint density at radius 2 is 2.23 bits per heavy atom. The molecule has 0 bridgehead atoms. The van der Waals surface area contributed by atoms with Crippen molar-refractivity contribution in [3.8, 4) is 0 Å². The highest BCUT2D eigenvalue weighted by Crippen LogP contribution is 2.27. The lowest BCUT2D eigenvalue weighted by Gasteiger charge is -2.15. The number of aromatic nitrogens is 5. The summed E-state index contributed by atoms with van der Waals surface area (Å²) in [7, 11) is 1.79. The van der Waals surface area contributed by atoms with E-state index in [0.29, 0.717) is 24.3 Å². The molecule has 3 aromatic rings. The molecule has 0 aromatic carbocycles. The summed E-state index contributed by atoms with van der Waals surface area (Å²) in [6.07, 6.45) is 4.93. The van der Waals surface area contributed by atoms with Crippen LogP contribution >= 0.6 is 0 Å². The third kappa shape index (κ3) is 2.61. The molecule has 8 heteroatoms. The molecule has 1 saturated heterocycles. The number of rotatable bonds is 3. The molecule has 0 aliphatic carbocycles. The predicted molar refractivity (Wildman–Crippen MR) is 96.4 cm³/mol. The van der Waals surface area contributed by atoms with E-state index in [9.17, 15) is 9.59 Å². The average Bonchev–Trinajstić information content (AvgIpc) is 3.32. The van der Waals surface area contributed by atoms with Crippen LogP contribution in [0.4, 0.5) is 0 Å². The number of hydrogen-bond donors (Lipinski definition) is 1. The van der Waals surface area contributed by atoms with E-state index in [2.05, 4.69) is 17.1 Å². The van der Waals surface area contributed by atoms with Gasteiger partial charge in [0.1, 0.15) is 0 Å². The molecule has 8 nitrogen and oxygen atoms in total. The fraction of sp³-hybridized carbons (Fsp3) is 0.444. The fourth-order valence-corrected chi connectivity index (χ4v) is 3.75. The Labute approximate surface area is 150 Å². The minimum absolute atomic E-state index is 0.0230. The number of carbonyl (C=O) groups is 1. The number of amides is 1. The summed E-state index contributed by atoms with van der Waals surface area (Å²) in [5, 5.41) is 7.15. The lowest BCUT2D eigenvalue weighted by molar-refractivity contribution is 0.0790. The predicted octanol–water partition coefficient (Wildman–Crippen LogP) is 1.26. The first-order chi connectivity index (χ1) is 12.5. The first kappa shape index (κ1) is 16.6. The van der Waals surface area contributed by atoms with Crippen LogP contribution in [0.25, 0.3) is 5.65 Å². The molecule has 1 fully saturated rings. The molecule has 1 N–H and O–H groups in total. The van der Waals surface area contributed by atoms with E-state index in [1.165, 1.54) is 4.52 Å². The van der Waals surface area contributed by atoms with Crippen molar-refractivity contribution < 1.29 is 4.79 Å². The molecule has 1 aliphatic rings. The van der Waals surface area contributed by atoms with E-state index in [1.807, 2.05) is 11.8 Å². The molecule has 26 heavy (non-hydrogen) atoms. The number of nitrogens with zero attached hydrogens (tertiary/aromatic N) is 5. The number of aryl methyl sites for hydroxylation is 3. The molecule has 4 rings (SSSR count). The summed E-state index contributed by atoms with van der Waals surface area (Å²) in [6, 6.07) is 1.59. The normalized spacial score (nSPS) is 17.3. The highest BCUT2D eigenvalue weighted by Gasteiger charge is 2.30. The van der Waals surface area contributed by atoms with Gasteiger partial charge in [0.05, 0.1) is 17.5 Å². The summed E-state index contributed by atoms with van der Waals surface area (Å²) in [5.41, 5.74) is 3.98. The van der Waals surface area contributed by atoms with Crippen LogP contribution in [0.2, 0.25) is 0 Å². The lowest BCUT2D eigenvalue weighted by Crippen LogP contribution is -2.28. The van der Waals surface area contributed by atoms with E-state index in [0.717, 1.165) is 29.8 Å². The van der Waals surface area contributed by atoms with Crippen LogP contribution in [0.15, 0.2) is 23.3 Å². The standard InChI is InChI=1S/C18H22N6O2/c1-4-14-11(2)21-24-16(25)7-15(20-17(14)24)12-5-6-23(10-12)18(26)13-8-19-22(3)9-13/h7-9,12,21H,4-6,10H2,1-3H3/t12-/m0/s1. The molecule has 1 atom stereocenters. The molecule has 0 saturated carbocycles. The van der Waals surface area contributed by atoms with Crippen molar-refractivity contribution >= 4 is 11.6 Å². The minimum Gasteiger partial charge on any atom is -0.338 e. The number of carbonyl (C=O) groups excluding carboxylic acids is 1. The van der Waals surface area contributed by atoms with E-state index >= 15 is 0 Å². The maximum atomic E-state index is 12.6. The van der Waals surface area contributed by atoms with Gasteiger partial charge in [-0.15, -0.1) is 0 Å². The second-order valence-electron chi connectivity index (χ2n) is 6.89. The Bertz CT molecular complexity index is 1040. The van der Waals surface area contributed by atoms with Crippen molar-refractivity contribution in [1.82, 2.24) is 29.3 Å². The van der Waals surface area contributed by atoms with Gasteiger partial charge in [-0.2, -0.15) is 5.10 Å². The molecular weight excluding hydrogens is 332 g/mol. The topological polar surface area (TPSA) is 88.3 Å². The van der Waals surface area contributed by atoms with Gasteiger partial charge in [-0.3, -0.25) is 19.4 Å². The third-order valence-corrected chi connectivity index (χ3v) is 5.14. The van der Waals surface area contributed by atoms with Gasteiger partial charge in [-0.1, -0.05) is 6.92 Å². The summed E-state index contributed by atoms with van der Waals surface area (Å²) in [6.45, 7) is 5.24. The third-order valence-electron chi connectivity index (χ3n) is 5.14. The average molecular weight is 354 g/mol. The Morgan fingerprint density at radius 3 is 2.92 bits per heavy atom. The fourth-order valence-electron chi connectivity index (χ4n) is 3.75. The monoisotopic (exact) mass is 354 g/mol. The van der Waals surface area contributed by atoms with Crippen molar-refractivity contribution in [1.29, 1.82) is 0 Å². The Hall–Kier alpha value is -2.90. The van der Waals surface area contributed by atoms with Crippen LogP contribution in [0.3, 0.4) is 0 Å². The molecule has 1 amide bonds. The van der Waals surface area contributed by atoms with Crippen molar-refractivity contribution in [3.63, 3.8) is 0 Å². The number of likely N-dealkylation sites (tertiary alicyclic amines) is 1. The van der Waals surface area contributed by atoms with Crippen molar-refractivity contribution in [2.75, 3.05) is 13.1 Å². The first-order valence-electron chi connectivity index (χ1n) is 8.87. The maximum Gasteiger partial charge on any atom is 0.272 e. The number of hydrogen-bond acceptors (Lipinski definition) is 4. The van der Waals surface area contributed by atoms with E-state index < -0.39 is 0 Å². The SMILES string of the molecule is CCc1c(C)[nH]n2c(=O)cc([C@H]3CCN(C(=O)c4cnn(C)c4)C3)nc12. The second-order valence-corrected chi connectivity index (χ2v) is 6.89. The van der Waals surface area contributed by atoms with Gasteiger partial charge in [0.2, 0.25) is 0 Å². The highest BCUT2D eigenvalue weighted by atomic mass is 16.2. The van der Waals surface area contributed by atoms with Gasteiger partial charge >= 0.3 is 0 Å². The summed E-state index contributed by atoms with van der Waals surface area (Å²) >= 11 is 0. The zero-order chi connectivity index (χ0) is 18.4. The molecule has 136 valence electrons. The van der Waals surface area contributed by atoms with Gasteiger partial charge in [0.15, 0.2) is 5.65 Å². The quantitative estimate of drug-likeness (QED) is 0.767. The van der Waals surface area contributed by atoms with E-state index in [-0.39, 0.29) is 17.4 Å². The summed E-state index contributed by atoms with van der Waals surface area (Å²) < 4.78 is 3.13. The van der Waals surface area contributed by atoms with Gasteiger partial charge in [-0.05, 0) is 19.8 Å². The zero-order valence-corrected chi connectivity index (χ0v) is 15.2. The lowest BCUT2D eigenvalue weighted by atomic mass is 10.0. The smallest absolute Gasteiger partial charge is 0.272 e. The Kier molecular flexibility index (Phi) is 3.90. The Balaban J connectivity index is 1.62. The maximum absolute atomic E-state index is 12.6. The van der Waals surface area contributed by atoms with Crippen molar-refractivity contribution in [2.45, 2.75) is 32.6 Å². The summed E-state index contributed by atoms with van der Waals surface area (Å²) in [5.74, 6) is 0.0540. The zero-order valence-electron chi connectivity index (χ0n) is 15.2. The molecule has 1 aliphatic heterocycles. The van der Waals surface area contributed by atoms with Crippen LogP contribution in [0.5, 0.6) is 0 Å². The largest absolute Gasteiger partial charge is 0.338 e. The molecule has 0 radical (unpaired) electrons. The van der Waals surface area contributed by atoms with E-state index in [1.54, 1.807) is 30.2 Å². The molecule has 3 aromatic heterocycles. The Morgan fingerprint density at radius 1 is 1.42 bits per heavy atom. The van der Waals surface area contributed by atoms with Gasteiger partial charge < -0.3 is 4.90 Å². The summed E-state index contributed by atoms with van der Waals surface area (Å²) in [4.78, 5) is 31.7. The minimum atomic E-state index is -0.107. The number of nitrogens with one attached hydrogen (secondary N) is 1. The van der Waals surface area contributed by atoms with Gasteiger partial charge in [-0.25, -0.2) is 9.50 Å². The van der Waals surface area contributed by atoms with Crippen molar-refractivity contribution in [2.24, 2.45) is 7.05 Å². The van der Waals surface area contributed by atoms with Crippen LogP contribution < -0.4 is 5.56 Å². The molecule has 0 spiro atoms. The van der Waals surface area contributed by atoms with Crippen LogP contribution in [-0.4, -0.2) is 48.3 Å². The number of fused-ring (bicyclic) bond motifs is 1. The number of aromatic amines is 1. The second kappa shape index (κ2) is 6.12. The van der Waals surface area contributed by atoms with Gasteiger partial charge in [0.25, 0.3) is 11.5 Å². The van der Waals surface area contributed by atoms with E-state index in [4.69, 9.17) is 4.98 Å². The van der Waals surface area contributed by atoms with Crippen LogP contribution in [0, 0.1) is 6.92 Å². The molecule has 0 unspecified atom stereocenters. The van der Waals surface area contributed by atoms with Gasteiger partial charge in [0, 0.05) is 49.6 Å². The number of H-pyrrole nitrogens is 1.